The highest BCUT2D eigenvalue weighted by molar-refractivity contribution is 7.07. The molecule has 2 fully saturated rings. The van der Waals surface area contributed by atoms with E-state index in [9.17, 15) is 9.90 Å². The van der Waals surface area contributed by atoms with Gasteiger partial charge in [-0.05, 0) is 40.3 Å². The number of thiazole rings is 1. The van der Waals surface area contributed by atoms with E-state index in [0.717, 1.165) is 19.3 Å². The average molecular weight is 339 g/mol. The van der Waals surface area contributed by atoms with Crippen LogP contribution in [-0.2, 0) is 4.74 Å². The van der Waals surface area contributed by atoms with Crippen LogP contribution in [0.4, 0.5) is 0 Å². The van der Waals surface area contributed by atoms with E-state index in [2.05, 4.69) is 9.88 Å². The van der Waals surface area contributed by atoms with Gasteiger partial charge in [0.05, 0.1) is 17.7 Å². The fourth-order valence-corrected chi connectivity index (χ4v) is 4.24. The normalized spacial score (nSPS) is 30.8. The quantitative estimate of drug-likeness (QED) is 0.878. The Labute approximate surface area is 141 Å². The fourth-order valence-electron chi connectivity index (χ4n) is 3.71. The molecule has 0 bridgehead atoms. The number of amides is 1. The standard InChI is InChI=1S/C16H25N3O3S/c1-15(21)10-22-16(8-13(15)18(2)3)4-6-19(7-5-16)14(20)12-9-23-11-17-12/h9,11,13,21H,4-8,10H2,1-3H3/t13-,15-/m0/s1. The lowest BCUT2D eigenvalue weighted by molar-refractivity contribution is -0.205. The van der Waals surface area contributed by atoms with Crippen LogP contribution in [-0.4, -0.2) is 76.8 Å². The predicted molar refractivity (Wildman–Crippen MR) is 88.7 cm³/mol. The molecule has 0 saturated carbocycles. The van der Waals surface area contributed by atoms with Crippen molar-refractivity contribution in [2.24, 2.45) is 0 Å². The average Bonchev–Trinajstić information content (AvgIpc) is 3.04. The highest BCUT2D eigenvalue weighted by atomic mass is 32.1. The van der Waals surface area contributed by atoms with Gasteiger partial charge >= 0.3 is 0 Å². The predicted octanol–water partition coefficient (Wildman–Crippen LogP) is 1.22. The first-order valence-corrected chi connectivity index (χ1v) is 8.98. The van der Waals surface area contributed by atoms with E-state index < -0.39 is 5.60 Å². The van der Waals surface area contributed by atoms with Gasteiger partial charge in [0.15, 0.2) is 0 Å². The third-order valence-electron chi connectivity index (χ3n) is 5.19. The van der Waals surface area contributed by atoms with Crippen molar-refractivity contribution in [3.63, 3.8) is 0 Å². The first-order valence-electron chi connectivity index (χ1n) is 8.03. The van der Waals surface area contributed by atoms with Crippen molar-refractivity contribution < 1.29 is 14.6 Å². The summed E-state index contributed by atoms with van der Waals surface area (Å²) in [5.74, 6) is 0.00747. The summed E-state index contributed by atoms with van der Waals surface area (Å²) in [6.45, 7) is 3.54. The van der Waals surface area contributed by atoms with E-state index in [0.29, 0.717) is 25.4 Å². The summed E-state index contributed by atoms with van der Waals surface area (Å²) >= 11 is 1.44. The largest absolute Gasteiger partial charge is 0.386 e. The van der Waals surface area contributed by atoms with Crippen LogP contribution < -0.4 is 0 Å². The lowest BCUT2D eigenvalue weighted by Crippen LogP contribution is -2.62. The number of hydrogen-bond acceptors (Lipinski definition) is 6. The van der Waals surface area contributed by atoms with E-state index in [1.54, 1.807) is 10.9 Å². The summed E-state index contributed by atoms with van der Waals surface area (Å²) in [6, 6.07) is 0.0667. The minimum atomic E-state index is -0.831. The van der Waals surface area contributed by atoms with Crippen LogP contribution in [0.3, 0.4) is 0 Å². The van der Waals surface area contributed by atoms with Crippen molar-refractivity contribution in [3.8, 4) is 0 Å². The van der Waals surface area contributed by atoms with Gasteiger partial charge in [-0.25, -0.2) is 4.98 Å². The van der Waals surface area contributed by atoms with E-state index >= 15 is 0 Å². The van der Waals surface area contributed by atoms with Gasteiger partial charge in [-0.3, -0.25) is 4.79 Å². The molecule has 0 unspecified atom stereocenters. The van der Waals surface area contributed by atoms with Gasteiger partial charge in [-0.2, -0.15) is 0 Å². The molecule has 6 nitrogen and oxygen atoms in total. The van der Waals surface area contributed by atoms with Crippen molar-refractivity contribution in [1.82, 2.24) is 14.8 Å². The van der Waals surface area contributed by atoms with Gasteiger partial charge in [0.2, 0.25) is 0 Å². The molecule has 2 atom stereocenters. The third kappa shape index (κ3) is 3.28. The molecule has 1 N–H and O–H groups in total. The van der Waals surface area contributed by atoms with E-state index in [-0.39, 0.29) is 17.6 Å². The van der Waals surface area contributed by atoms with Gasteiger partial charge < -0.3 is 19.6 Å². The maximum absolute atomic E-state index is 12.4. The Bertz CT molecular complexity index is 551. The highest BCUT2D eigenvalue weighted by Gasteiger charge is 2.49. The molecule has 3 heterocycles. The van der Waals surface area contributed by atoms with E-state index in [4.69, 9.17) is 4.74 Å². The summed E-state index contributed by atoms with van der Waals surface area (Å²) < 4.78 is 6.09. The van der Waals surface area contributed by atoms with Crippen molar-refractivity contribution in [2.75, 3.05) is 33.8 Å². The second-order valence-corrected chi connectivity index (χ2v) is 7.90. The topological polar surface area (TPSA) is 65.9 Å². The smallest absolute Gasteiger partial charge is 0.273 e. The molecule has 23 heavy (non-hydrogen) atoms. The van der Waals surface area contributed by atoms with Crippen molar-refractivity contribution in [2.45, 2.75) is 43.4 Å². The van der Waals surface area contributed by atoms with Gasteiger partial charge in [0.25, 0.3) is 5.91 Å². The van der Waals surface area contributed by atoms with Gasteiger partial charge in [-0.1, -0.05) is 0 Å². The number of piperidine rings is 1. The van der Waals surface area contributed by atoms with Crippen molar-refractivity contribution in [1.29, 1.82) is 0 Å². The first kappa shape index (κ1) is 16.8. The molecule has 2 saturated heterocycles. The number of carbonyl (C=O) groups is 1. The summed E-state index contributed by atoms with van der Waals surface area (Å²) in [5.41, 5.74) is 1.16. The molecule has 0 radical (unpaired) electrons. The summed E-state index contributed by atoms with van der Waals surface area (Å²) in [7, 11) is 4.00. The Kier molecular flexibility index (Phi) is 4.48. The molecule has 0 aromatic carbocycles. The Morgan fingerprint density at radius 2 is 2.17 bits per heavy atom. The molecule has 128 valence electrons. The zero-order valence-electron chi connectivity index (χ0n) is 14.0. The highest BCUT2D eigenvalue weighted by Crippen LogP contribution is 2.39. The molecule has 2 aliphatic rings. The lowest BCUT2D eigenvalue weighted by Gasteiger charge is -2.52. The summed E-state index contributed by atoms with van der Waals surface area (Å²) in [5, 5.41) is 12.3. The molecular weight excluding hydrogens is 314 g/mol. The summed E-state index contributed by atoms with van der Waals surface area (Å²) in [4.78, 5) is 20.4. The van der Waals surface area contributed by atoms with Crippen LogP contribution in [0.25, 0.3) is 0 Å². The minimum absolute atomic E-state index is 0.00747. The SMILES string of the molecule is CN(C)[C@H]1CC2(CCN(C(=O)c3cscn3)CC2)OC[C@]1(C)O. The Balaban J connectivity index is 1.65. The Morgan fingerprint density at radius 1 is 1.48 bits per heavy atom. The van der Waals surface area contributed by atoms with Gasteiger partial charge in [-0.15, -0.1) is 11.3 Å². The van der Waals surface area contributed by atoms with Gasteiger partial charge in [0.1, 0.15) is 11.3 Å². The molecule has 1 aromatic rings. The molecule has 7 heteroatoms. The van der Waals surface area contributed by atoms with Crippen LogP contribution in [0.1, 0.15) is 36.7 Å². The van der Waals surface area contributed by atoms with Crippen LogP contribution in [0.5, 0.6) is 0 Å². The number of carbonyl (C=O) groups excluding carboxylic acids is 1. The van der Waals surface area contributed by atoms with Crippen molar-refractivity contribution >= 4 is 17.2 Å². The number of likely N-dealkylation sites (tertiary alicyclic amines) is 1. The summed E-state index contributed by atoms with van der Waals surface area (Å²) in [6.07, 6.45) is 2.42. The number of likely N-dealkylation sites (N-methyl/N-ethyl adjacent to an activating group) is 1. The van der Waals surface area contributed by atoms with Crippen LogP contribution in [0, 0.1) is 0 Å². The number of rotatable bonds is 2. The molecule has 0 aliphatic carbocycles. The molecule has 1 aromatic heterocycles. The molecular formula is C16H25N3O3S. The number of nitrogens with zero attached hydrogens (tertiary/aromatic N) is 3. The maximum Gasteiger partial charge on any atom is 0.273 e. The Morgan fingerprint density at radius 3 is 2.74 bits per heavy atom. The number of aromatic nitrogens is 1. The molecule has 1 spiro atoms. The van der Waals surface area contributed by atoms with Crippen LogP contribution in [0.2, 0.25) is 0 Å². The van der Waals surface area contributed by atoms with Crippen LogP contribution in [0.15, 0.2) is 10.9 Å². The zero-order chi connectivity index (χ0) is 16.7. The van der Waals surface area contributed by atoms with E-state index in [1.807, 2.05) is 25.9 Å². The zero-order valence-corrected chi connectivity index (χ0v) is 14.8. The molecule has 1 amide bonds. The van der Waals surface area contributed by atoms with E-state index in [1.165, 1.54) is 11.3 Å². The molecule has 2 aliphatic heterocycles. The fraction of sp³-hybridized carbons (Fsp3) is 0.750. The first-order chi connectivity index (χ1) is 10.8. The minimum Gasteiger partial charge on any atom is -0.386 e. The van der Waals surface area contributed by atoms with Gasteiger partial charge in [0, 0.05) is 24.5 Å². The second kappa shape index (κ2) is 6.12. The second-order valence-electron chi connectivity index (χ2n) is 7.18. The number of hydrogen-bond donors (Lipinski definition) is 1. The number of aliphatic hydroxyl groups is 1. The monoisotopic (exact) mass is 339 g/mol. The third-order valence-corrected chi connectivity index (χ3v) is 5.78. The van der Waals surface area contributed by atoms with Crippen molar-refractivity contribution in [3.05, 3.63) is 16.6 Å². The molecule has 3 rings (SSSR count). The Hall–Kier alpha value is -1.02. The lowest BCUT2D eigenvalue weighted by atomic mass is 9.77. The van der Waals surface area contributed by atoms with Crippen LogP contribution >= 0.6 is 11.3 Å². The maximum atomic E-state index is 12.4. The number of ether oxygens (including phenoxy) is 1.